The van der Waals surface area contributed by atoms with Crippen molar-refractivity contribution in [3.05, 3.63) is 89.3 Å². The van der Waals surface area contributed by atoms with Crippen LogP contribution in [-0.4, -0.2) is 20.2 Å². The van der Waals surface area contributed by atoms with Crippen LogP contribution in [0.5, 0.6) is 0 Å². The lowest BCUT2D eigenvalue weighted by molar-refractivity contribution is 0.578. The predicted octanol–water partition coefficient (Wildman–Crippen LogP) is 4.17. The van der Waals surface area contributed by atoms with Crippen LogP contribution in [0.3, 0.4) is 0 Å². The van der Waals surface area contributed by atoms with E-state index in [1.165, 1.54) is 0 Å². The number of rotatable bonds is 2. The van der Waals surface area contributed by atoms with Gasteiger partial charge in [0.2, 0.25) is 0 Å². The Hall–Kier alpha value is -3.91. The summed E-state index contributed by atoms with van der Waals surface area (Å²) in [6.07, 6.45) is 10.9. The number of aliphatic imine (C=N–C) groups is 1. The number of hydrogen-bond donors (Lipinski definition) is 0. The van der Waals surface area contributed by atoms with Crippen LogP contribution in [0.25, 0.3) is 17.1 Å². The van der Waals surface area contributed by atoms with E-state index in [-0.39, 0.29) is 0 Å². The minimum Gasteiger partial charge on any atom is -0.462 e. The number of aryl methyl sites for hydroxylation is 1. The molecule has 0 N–H and O–H groups in total. The Bertz CT molecular complexity index is 1260. The number of terminal acetylenes is 1. The number of nitrogens with zero attached hydrogens (tertiary/aromatic N) is 4. The third kappa shape index (κ3) is 2.47. The molecule has 4 heterocycles. The zero-order valence-electron chi connectivity index (χ0n) is 15.3. The molecule has 0 bridgehead atoms. The molecule has 0 atom stereocenters. The molecule has 1 aromatic carbocycles. The zero-order valence-corrected chi connectivity index (χ0v) is 15.3. The van der Waals surface area contributed by atoms with Crippen molar-refractivity contribution in [2.45, 2.75) is 13.5 Å². The summed E-state index contributed by atoms with van der Waals surface area (Å²) in [6.45, 7) is 2.47. The maximum Gasteiger partial charge on any atom is 0.157 e. The molecule has 0 spiro atoms. The molecule has 1 aliphatic rings. The highest BCUT2D eigenvalue weighted by molar-refractivity contribution is 6.14. The fourth-order valence-electron chi connectivity index (χ4n) is 3.52. The molecule has 4 aromatic rings. The van der Waals surface area contributed by atoms with Crippen molar-refractivity contribution in [1.29, 1.82) is 0 Å². The SMILES string of the molecule is C#Cc1ccc2c(c1)C(c1ccccn1)=NCc1c(-c3occc3C)ncn1-2. The minimum atomic E-state index is 0.460. The summed E-state index contributed by atoms with van der Waals surface area (Å²) in [5, 5.41) is 0. The first kappa shape index (κ1) is 16.3. The van der Waals surface area contributed by atoms with Crippen molar-refractivity contribution >= 4 is 5.71 Å². The van der Waals surface area contributed by atoms with E-state index in [0.717, 1.165) is 50.9 Å². The molecule has 0 fully saturated rings. The number of aromatic nitrogens is 3. The lowest BCUT2D eigenvalue weighted by atomic mass is 10.0. The summed E-state index contributed by atoms with van der Waals surface area (Å²) >= 11 is 0. The van der Waals surface area contributed by atoms with Crippen LogP contribution >= 0.6 is 0 Å². The van der Waals surface area contributed by atoms with E-state index in [9.17, 15) is 0 Å². The van der Waals surface area contributed by atoms with Gasteiger partial charge >= 0.3 is 0 Å². The van der Waals surface area contributed by atoms with Crippen molar-refractivity contribution in [2.24, 2.45) is 4.99 Å². The lowest BCUT2D eigenvalue weighted by Crippen LogP contribution is -2.08. The van der Waals surface area contributed by atoms with Gasteiger partial charge in [0.05, 0.1) is 35.6 Å². The van der Waals surface area contributed by atoms with E-state index in [0.29, 0.717) is 6.54 Å². The number of hydrogen-bond acceptors (Lipinski definition) is 4. The summed E-state index contributed by atoms with van der Waals surface area (Å²) in [7, 11) is 0. The van der Waals surface area contributed by atoms with Crippen molar-refractivity contribution < 1.29 is 4.42 Å². The second kappa shape index (κ2) is 6.36. The molecule has 28 heavy (non-hydrogen) atoms. The summed E-state index contributed by atoms with van der Waals surface area (Å²) in [4.78, 5) is 14.0. The highest BCUT2D eigenvalue weighted by Crippen LogP contribution is 2.32. The van der Waals surface area contributed by atoms with Gasteiger partial charge in [-0.15, -0.1) is 6.42 Å². The van der Waals surface area contributed by atoms with Crippen LogP contribution in [0.2, 0.25) is 0 Å². The van der Waals surface area contributed by atoms with E-state index in [2.05, 4.69) is 20.5 Å². The first-order valence-electron chi connectivity index (χ1n) is 8.94. The number of pyridine rings is 1. The highest BCUT2D eigenvalue weighted by Gasteiger charge is 2.24. The average molecular weight is 364 g/mol. The predicted molar refractivity (Wildman–Crippen MR) is 108 cm³/mol. The fraction of sp³-hybridized carbons (Fsp3) is 0.0870. The van der Waals surface area contributed by atoms with E-state index >= 15 is 0 Å². The molecule has 5 rings (SSSR count). The second-order valence-corrected chi connectivity index (χ2v) is 6.60. The Morgan fingerprint density at radius 2 is 2.07 bits per heavy atom. The van der Waals surface area contributed by atoms with Gasteiger partial charge in [-0.3, -0.25) is 14.5 Å². The summed E-state index contributed by atoms with van der Waals surface area (Å²) < 4.78 is 7.75. The normalized spacial score (nSPS) is 12.5. The first-order chi connectivity index (χ1) is 13.8. The van der Waals surface area contributed by atoms with Crippen LogP contribution in [0.1, 0.15) is 28.1 Å². The molecular weight excluding hydrogens is 348 g/mol. The quantitative estimate of drug-likeness (QED) is 0.502. The van der Waals surface area contributed by atoms with Crippen LogP contribution in [0, 0.1) is 19.3 Å². The molecule has 134 valence electrons. The van der Waals surface area contributed by atoms with Gasteiger partial charge in [0.15, 0.2) is 5.76 Å². The molecular formula is C23H16N4O. The smallest absolute Gasteiger partial charge is 0.157 e. The summed E-state index contributed by atoms with van der Waals surface area (Å²) in [5.41, 5.74) is 7.16. The molecule has 0 radical (unpaired) electrons. The maximum absolute atomic E-state index is 5.69. The van der Waals surface area contributed by atoms with Gasteiger partial charge in [-0.2, -0.15) is 0 Å². The number of furan rings is 1. The Morgan fingerprint density at radius 3 is 2.82 bits per heavy atom. The monoisotopic (exact) mass is 364 g/mol. The molecule has 0 amide bonds. The van der Waals surface area contributed by atoms with Crippen molar-refractivity contribution in [2.75, 3.05) is 0 Å². The molecule has 5 nitrogen and oxygen atoms in total. The van der Waals surface area contributed by atoms with Gasteiger partial charge in [-0.25, -0.2) is 4.98 Å². The van der Waals surface area contributed by atoms with Gasteiger partial charge in [-0.1, -0.05) is 12.0 Å². The zero-order chi connectivity index (χ0) is 19.1. The average Bonchev–Trinajstić information content (AvgIpc) is 3.30. The molecule has 1 aliphatic heterocycles. The number of fused-ring (bicyclic) bond motifs is 3. The van der Waals surface area contributed by atoms with Gasteiger partial charge in [0.1, 0.15) is 12.0 Å². The second-order valence-electron chi connectivity index (χ2n) is 6.60. The lowest BCUT2D eigenvalue weighted by Gasteiger charge is -2.12. The van der Waals surface area contributed by atoms with Crippen LogP contribution in [0.4, 0.5) is 0 Å². The van der Waals surface area contributed by atoms with Gasteiger partial charge in [0.25, 0.3) is 0 Å². The minimum absolute atomic E-state index is 0.460. The van der Waals surface area contributed by atoms with Crippen molar-refractivity contribution in [3.63, 3.8) is 0 Å². The maximum atomic E-state index is 5.69. The van der Waals surface area contributed by atoms with E-state index in [1.54, 1.807) is 12.5 Å². The molecule has 0 saturated heterocycles. The molecule has 0 saturated carbocycles. The van der Waals surface area contributed by atoms with Crippen LogP contribution < -0.4 is 0 Å². The van der Waals surface area contributed by atoms with Gasteiger partial charge < -0.3 is 4.42 Å². The Balaban J connectivity index is 1.77. The molecule has 3 aromatic heterocycles. The Morgan fingerprint density at radius 1 is 1.14 bits per heavy atom. The van der Waals surface area contributed by atoms with E-state index in [4.69, 9.17) is 15.8 Å². The number of imidazole rings is 1. The largest absolute Gasteiger partial charge is 0.462 e. The summed E-state index contributed by atoms with van der Waals surface area (Å²) in [6, 6.07) is 13.7. The van der Waals surface area contributed by atoms with Gasteiger partial charge in [-0.05, 0) is 48.9 Å². The first-order valence-corrected chi connectivity index (χ1v) is 8.94. The Labute approximate surface area is 162 Å². The number of benzene rings is 1. The van der Waals surface area contributed by atoms with E-state index < -0.39 is 0 Å². The third-order valence-corrected chi connectivity index (χ3v) is 4.92. The molecule has 0 aliphatic carbocycles. The molecule has 0 unspecified atom stereocenters. The Kier molecular flexibility index (Phi) is 3.70. The van der Waals surface area contributed by atoms with Crippen molar-refractivity contribution in [1.82, 2.24) is 14.5 Å². The summed E-state index contributed by atoms with van der Waals surface area (Å²) in [5.74, 6) is 3.48. The van der Waals surface area contributed by atoms with E-state index in [1.807, 2.05) is 55.7 Å². The fourth-order valence-corrected chi connectivity index (χ4v) is 3.52. The highest BCUT2D eigenvalue weighted by atomic mass is 16.3. The van der Waals surface area contributed by atoms with Crippen molar-refractivity contribution in [3.8, 4) is 29.5 Å². The third-order valence-electron chi connectivity index (χ3n) is 4.92. The topological polar surface area (TPSA) is 56.2 Å². The standard InChI is InChI=1S/C23H16N4O/c1-3-16-7-8-19-17(12-16)21(18-6-4-5-10-24-18)25-13-20-22(26-14-27(19)20)23-15(2)9-11-28-23/h1,4-12,14H,13H2,2H3. The molecule has 5 heteroatoms. The van der Waals surface area contributed by atoms with Gasteiger partial charge in [0, 0.05) is 17.3 Å². The van der Waals surface area contributed by atoms with Crippen LogP contribution in [-0.2, 0) is 6.54 Å². The van der Waals surface area contributed by atoms with Crippen LogP contribution in [0.15, 0.2) is 70.7 Å².